The smallest absolute Gasteiger partial charge is 0.227 e. The second-order valence-corrected chi connectivity index (χ2v) is 10.2. The maximum absolute atomic E-state index is 12.8. The maximum atomic E-state index is 12.8. The molecule has 0 spiro atoms. The number of nitrogens with zero attached hydrogens (tertiary/aromatic N) is 2. The summed E-state index contributed by atoms with van der Waals surface area (Å²) < 4.78 is 25.6. The number of anilines is 2. The lowest BCUT2D eigenvalue weighted by atomic mass is 10.1. The number of hydrogen-bond donors (Lipinski definition) is 3. The molecule has 32 heavy (non-hydrogen) atoms. The molecule has 7 nitrogen and oxygen atoms in total. The van der Waals surface area contributed by atoms with E-state index in [0.29, 0.717) is 40.0 Å². The van der Waals surface area contributed by atoms with Crippen LogP contribution in [0.4, 0.5) is 11.6 Å². The number of phenolic OH excluding ortho intramolecular Hbond substituents is 1. The van der Waals surface area contributed by atoms with Crippen LogP contribution in [0.15, 0.2) is 59.8 Å². The average molecular weight is 471 g/mol. The van der Waals surface area contributed by atoms with Crippen LogP contribution in [0.1, 0.15) is 24.0 Å². The highest BCUT2D eigenvalue weighted by molar-refractivity contribution is 7.92. The summed E-state index contributed by atoms with van der Waals surface area (Å²) in [6.45, 7) is 1.46. The number of nitrogens with one attached hydrogen (secondary N) is 2. The molecule has 2 heterocycles. The van der Waals surface area contributed by atoms with E-state index in [1.807, 2.05) is 0 Å². The number of phenols is 1. The summed E-state index contributed by atoms with van der Waals surface area (Å²) >= 11 is 6.12. The minimum absolute atomic E-state index is 0.138. The lowest BCUT2D eigenvalue weighted by Gasteiger charge is -2.22. The van der Waals surface area contributed by atoms with Crippen molar-refractivity contribution in [3.05, 3.63) is 71.0 Å². The molecule has 1 fully saturated rings. The highest BCUT2D eigenvalue weighted by atomic mass is 35.5. The topological polar surface area (TPSA) is 104 Å². The van der Waals surface area contributed by atoms with Gasteiger partial charge in [0, 0.05) is 28.7 Å². The average Bonchev–Trinajstić information content (AvgIpc) is 2.81. The summed E-state index contributed by atoms with van der Waals surface area (Å²) in [5.74, 6) is 0.533. The van der Waals surface area contributed by atoms with E-state index in [-0.39, 0.29) is 11.0 Å². The molecule has 0 bridgehead atoms. The summed E-state index contributed by atoms with van der Waals surface area (Å²) in [6.07, 6.45) is 8.14. The van der Waals surface area contributed by atoms with Crippen LogP contribution < -0.4 is 10.6 Å². The van der Waals surface area contributed by atoms with Crippen LogP contribution >= 0.6 is 11.6 Å². The van der Waals surface area contributed by atoms with Crippen molar-refractivity contribution in [2.24, 2.45) is 0 Å². The SMILES string of the molecule is O=S(=O)(c1ccc(Nc2ncc(/C=C/c3cc(O)ccc3Cl)cn2)cc1)C1CCNCC1. The summed E-state index contributed by atoms with van der Waals surface area (Å²) in [6, 6.07) is 11.4. The first-order valence-corrected chi connectivity index (χ1v) is 12.1. The number of aromatic hydroxyl groups is 1. The Kier molecular flexibility index (Phi) is 6.74. The largest absolute Gasteiger partial charge is 0.508 e. The molecule has 1 aliphatic rings. The van der Waals surface area contributed by atoms with Gasteiger partial charge in [-0.15, -0.1) is 0 Å². The fraction of sp³-hybridized carbons (Fsp3) is 0.217. The van der Waals surface area contributed by atoms with E-state index in [0.717, 1.165) is 18.7 Å². The van der Waals surface area contributed by atoms with Crippen molar-refractivity contribution in [1.29, 1.82) is 0 Å². The Balaban J connectivity index is 1.41. The number of aromatic nitrogens is 2. The Morgan fingerprint density at radius 3 is 2.41 bits per heavy atom. The minimum Gasteiger partial charge on any atom is -0.508 e. The van der Waals surface area contributed by atoms with Gasteiger partial charge < -0.3 is 15.7 Å². The van der Waals surface area contributed by atoms with Crippen molar-refractivity contribution >= 4 is 45.2 Å². The van der Waals surface area contributed by atoms with Crippen LogP contribution in [0.5, 0.6) is 5.75 Å². The van der Waals surface area contributed by atoms with E-state index < -0.39 is 9.84 Å². The number of hydrogen-bond acceptors (Lipinski definition) is 7. The van der Waals surface area contributed by atoms with Gasteiger partial charge in [0.05, 0.1) is 10.1 Å². The molecule has 3 aromatic rings. The Labute approximate surface area is 192 Å². The first-order chi connectivity index (χ1) is 15.4. The zero-order valence-electron chi connectivity index (χ0n) is 17.2. The van der Waals surface area contributed by atoms with E-state index in [9.17, 15) is 13.5 Å². The standard InChI is InChI=1S/C23H23ClN4O3S/c24-22-8-5-19(29)13-17(22)2-1-16-14-26-23(27-15-16)28-18-3-6-20(7-4-18)32(30,31)21-9-11-25-12-10-21/h1-8,13-15,21,25,29H,9-12H2,(H,26,27,28)/b2-1+. The number of benzene rings is 2. The number of piperidine rings is 1. The lowest BCUT2D eigenvalue weighted by Crippen LogP contribution is -2.35. The molecule has 0 amide bonds. The summed E-state index contributed by atoms with van der Waals surface area (Å²) in [4.78, 5) is 8.91. The second kappa shape index (κ2) is 9.68. The normalized spacial score (nSPS) is 15.2. The molecular weight excluding hydrogens is 448 g/mol. The van der Waals surface area contributed by atoms with E-state index >= 15 is 0 Å². The quantitative estimate of drug-likeness (QED) is 0.494. The van der Waals surface area contributed by atoms with Crippen LogP contribution in [-0.4, -0.2) is 41.8 Å². The van der Waals surface area contributed by atoms with Crippen LogP contribution in [0.3, 0.4) is 0 Å². The lowest BCUT2D eigenvalue weighted by molar-refractivity contribution is 0.475. The first kappa shape index (κ1) is 22.3. The molecule has 1 aliphatic heterocycles. The van der Waals surface area contributed by atoms with Crippen molar-refractivity contribution in [3.63, 3.8) is 0 Å². The van der Waals surface area contributed by atoms with Crippen molar-refractivity contribution < 1.29 is 13.5 Å². The molecule has 0 aliphatic carbocycles. The van der Waals surface area contributed by atoms with Crippen LogP contribution in [0.25, 0.3) is 12.2 Å². The van der Waals surface area contributed by atoms with Gasteiger partial charge in [0.25, 0.3) is 0 Å². The zero-order valence-corrected chi connectivity index (χ0v) is 18.8. The van der Waals surface area contributed by atoms with Crippen molar-refractivity contribution in [3.8, 4) is 5.75 Å². The van der Waals surface area contributed by atoms with Gasteiger partial charge in [0.15, 0.2) is 9.84 Å². The summed E-state index contributed by atoms with van der Waals surface area (Å²) in [5, 5.41) is 16.0. The molecule has 1 saturated heterocycles. The molecule has 0 unspecified atom stereocenters. The van der Waals surface area contributed by atoms with Crippen molar-refractivity contribution in [1.82, 2.24) is 15.3 Å². The van der Waals surface area contributed by atoms with Crippen LogP contribution in [0, 0.1) is 0 Å². The molecular formula is C23H23ClN4O3S. The Hall–Kier alpha value is -2.94. The molecule has 0 atom stereocenters. The predicted molar refractivity (Wildman–Crippen MR) is 127 cm³/mol. The van der Waals surface area contributed by atoms with E-state index in [1.54, 1.807) is 60.9 Å². The van der Waals surface area contributed by atoms with Gasteiger partial charge >= 0.3 is 0 Å². The van der Waals surface area contributed by atoms with Gasteiger partial charge in [-0.25, -0.2) is 18.4 Å². The molecule has 9 heteroatoms. The van der Waals surface area contributed by atoms with Crippen molar-refractivity contribution in [2.45, 2.75) is 23.0 Å². The Bertz CT molecular complexity index is 1210. The van der Waals surface area contributed by atoms with Crippen LogP contribution in [-0.2, 0) is 9.84 Å². The van der Waals surface area contributed by atoms with Gasteiger partial charge in [-0.2, -0.15) is 0 Å². The molecule has 166 valence electrons. The van der Waals surface area contributed by atoms with Gasteiger partial charge in [0.2, 0.25) is 5.95 Å². The fourth-order valence-corrected chi connectivity index (χ4v) is 5.43. The number of rotatable bonds is 6. The predicted octanol–water partition coefficient (Wildman–Crippen LogP) is 4.28. The second-order valence-electron chi connectivity index (χ2n) is 7.52. The monoisotopic (exact) mass is 470 g/mol. The van der Waals surface area contributed by atoms with Gasteiger partial charge in [-0.3, -0.25) is 0 Å². The molecule has 3 N–H and O–H groups in total. The molecule has 0 radical (unpaired) electrons. The van der Waals surface area contributed by atoms with Crippen molar-refractivity contribution in [2.75, 3.05) is 18.4 Å². The number of sulfone groups is 1. The van der Waals surface area contributed by atoms with Gasteiger partial charge in [-0.1, -0.05) is 23.8 Å². The van der Waals surface area contributed by atoms with Gasteiger partial charge in [-0.05, 0) is 74.0 Å². The minimum atomic E-state index is -3.32. The van der Waals surface area contributed by atoms with E-state index in [1.165, 1.54) is 6.07 Å². The maximum Gasteiger partial charge on any atom is 0.227 e. The third-order valence-electron chi connectivity index (χ3n) is 5.27. The number of halogens is 1. The summed E-state index contributed by atoms with van der Waals surface area (Å²) in [7, 11) is -3.32. The fourth-order valence-electron chi connectivity index (χ4n) is 3.49. The molecule has 0 saturated carbocycles. The third kappa shape index (κ3) is 5.27. The highest BCUT2D eigenvalue weighted by Gasteiger charge is 2.28. The molecule has 4 rings (SSSR count). The zero-order chi connectivity index (χ0) is 22.6. The highest BCUT2D eigenvalue weighted by Crippen LogP contribution is 2.25. The summed E-state index contributed by atoms with van der Waals surface area (Å²) in [5.41, 5.74) is 2.15. The van der Waals surface area contributed by atoms with E-state index in [2.05, 4.69) is 20.6 Å². The Morgan fingerprint density at radius 1 is 1.03 bits per heavy atom. The third-order valence-corrected chi connectivity index (χ3v) is 7.89. The van der Waals surface area contributed by atoms with Crippen LogP contribution in [0.2, 0.25) is 5.02 Å². The first-order valence-electron chi connectivity index (χ1n) is 10.2. The molecule has 1 aromatic heterocycles. The van der Waals surface area contributed by atoms with Gasteiger partial charge in [0.1, 0.15) is 5.75 Å². The molecule has 2 aromatic carbocycles. The Morgan fingerprint density at radius 2 is 1.72 bits per heavy atom. The van der Waals surface area contributed by atoms with E-state index in [4.69, 9.17) is 11.6 Å².